The minimum atomic E-state index is -2.98. The molecule has 1 unspecified atom stereocenters. The molecule has 1 N–H and O–H groups in total. The lowest BCUT2D eigenvalue weighted by Crippen LogP contribution is -2.38. The Morgan fingerprint density at radius 2 is 2.28 bits per heavy atom. The normalized spacial score (nSPS) is 26.1. The van der Waals surface area contributed by atoms with E-state index in [1.165, 1.54) is 4.90 Å². The van der Waals surface area contributed by atoms with E-state index in [-0.39, 0.29) is 29.9 Å². The molecule has 2 rings (SSSR count). The Morgan fingerprint density at radius 3 is 2.83 bits per heavy atom. The molecule has 2 aliphatic rings. The van der Waals surface area contributed by atoms with Gasteiger partial charge in [-0.05, 0) is 6.42 Å². The van der Waals surface area contributed by atoms with Crippen LogP contribution in [-0.2, 0) is 19.4 Å². The standard InChI is InChI=1S/C10H16N2O5S/c13-9(1-3-12-4-5-17-10(12)14)11-8-2-6-18(15,16)7-8/h8H,1-7H2,(H,11,13). The number of carbonyl (C=O) groups is 2. The monoisotopic (exact) mass is 276 g/mol. The Morgan fingerprint density at radius 1 is 1.50 bits per heavy atom. The first kappa shape index (κ1) is 13.1. The van der Waals surface area contributed by atoms with E-state index >= 15 is 0 Å². The van der Waals surface area contributed by atoms with Crippen LogP contribution in [-0.4, -0.2) is 62.6 Å². The van der Waals surface area contributed by atoms with Gasteiger partial charge < -0.3 is 15.0 Å². The fraction of sp³-hybridized carbons (Fsp3) is 0.800. The van der Waals surface area contributed by atoms with Gasteiger partial charge in [-0.1, -0.05) is 0 Å². The van der Waals surface area contributed by atoms with E-state index in [9.17, 15) is 18.0 Å². The van der Waals surface area contributed by atoms with Gasteiger partial charge in [0.1, 0.15) is 6.61 Å². The van der Waals surface area contributed by atoms with Crippen molar-refractivity contribution >= 4 is 21.8 Å². The number of amides is 2. The van der Waals surface area contributed by atoms with Crippen LogP contribution in [0.25, 0.3) is 0 Å². The van der Waals surface area contributed by atoms with Crippen LogP contribution in [0.3, 0.4) is 0 Å². The summed E-state index contributed by atoms with van der Waals surface area (Å²) >= 11 is 0. The molecule has 2 fully saturated rings. The summed E-state index contributed by atoms with van der Waals surface area (Å²) in [5.74, 6) is -0.0715. The van der Waals surface area contributed by atoms with Gasteiger partial charge in [-0.2, -0.15) is 0 Å². The summed E-state index contributed by atoms with van der Waals surface area (Å²) in [5.41, 5.74) is 0. The zero-order chi connectivity index (χ0) is 13.2. The molecule has 2 amide bonds. The van der Waals surface area contributed by atoms with Crippen LogP contribution in [0.15, 0.2) is 0 Å². The molecule has 7 nitrogen and oxygen atoms in total. The van der Waals surface area contributed by atoms with Crippen molar-refractivity contribution in [1.82, 2.24) is 10.2 Å². The Hall–Kier alpha value is -1.31. The smallest absolute Gasteiger partial charge is 0.409 e. The van der Waals surface area contributed by atoms with Crippen LogP contribution < -0.4 is 5.32 Å². The van der Waals surface area contributed by atoms with Crippen molar-refractivity contribution in [3.63, 3.8) is 0 Å². The van der Waals surface area contributed by atoms with Gasteiger partial charge in [-0.15, -0.1) is 0 Å². The maximum absolute atomic E-state index is 11.6. The Kier molecular flexibility index (Phi) is 3.74. The third-order valence-electron chi connectivity index (χ3n) is 3.05. The van der Waals surface area contributed by atoms with Crippen molar-refractivity contribution in [2.45, 2.75) is 18.9 Å². The summed E-state index contributed by atoms with van der Waals surface area (Å²) in [6.07, 6.45) is 0.247. The highest BCUT2D eigenvalue weighted by molar-refractivity contribution is 7.91. The van der Waals surface area contributed by atoms with Crippen molar-refractivity contribution < 1.29 is 22.7 Å². The van der Waals surface area contributed by atoms with Gasteiger partial charge in [0.2, 0.25) is 5.91 Å². The lowest BCUT2D eigenvalue weighted by Gasteiger charge is -2.14. The van der Waals surface area contributed by atoms with E-state index in [4.69, 9.17) is 4.74 Å². The minimum absolute atomic E-state index is 0.0183. The Balaban J connectivity index is 1.71. The summed E-state index contributed by atoms with van der Waals surface area (Å²) in [6, 6.07) is -0.284. The van der Waals surface area contributed by atoms with Gasteiger partial charge in [0.15, 0.2) is 9.84 Å². The maximum atomic E-state index is 11.6. The third-order valence-corrected chi connectivity index (χ3v) is 4.82. The predicted octanol–water partition coefficient (Wildman–Crippen LogP) is -0.868. The molecule has 0 aromatic carbocycles. The molecule has 0 aromatic heterocycles. The molecule has 0 bridgehead atoms. The molecule has 8 heteroatoms. The number of ether oxygens (including phenoxy) is 1. The minimum Gasteiger partial charge on any atom is -0.448 e. The zero-order valence-corrected chi connectivity index (χ0v) is 10.7. The number of sulfone groups is 1. The quantitative estimate of drug-likeness (QED) is 0.720. The van der Waals surface area contributed by atoms with Crippen molar-refractivity contribution in [2.75, 3.05) is 31.2 Å². The summed E-state index contributed by atoms with van der Waals surface area (Å²) < 4.78 is 27.2. The fourth-order valence-corrected chi connectivity index (χ4v) is 3.75. The summed E-state index contributed by atoms with van der Waals surface area (Å²) in [7, 11) is -2.98. The van der Waals surface area contributed by atoms with Gasteiger partial charge in [-0.25, -0.2) is 13.2 Å². The van der Waals surface area contributed by atoms with Gasteiger partial charge in [0, 0.05) is 19.0 Å². The average Bonchev–Trinajstić information content (AvgIpc) is 2.82. The first-order valence-electron chi connectivity index (χ1n) is 5.88. The Bertz CT molecular complexity index is 447. The van der Waals surface area contributed by atoms with Crippen LogP contribution >= 0.6 is 0 Å². The molecule has 0 spiro atoms. The van der Waals surface area contributed by atoms with Gasteiger partial charge in [-0.3, -0.25) is 4.79 Å². The zero-order valence-electron chi connectivity index (χ0n) is 9.92. The molecule has 2 saturated heterocycles. The van der Waals surface area contributed by atoms with Crippen LogP contribution in [0.4, 0.5) is 4.79 Å². The molecule has 2 aliphatic heterocycles. The number of nitrogens with zero attached hydrogens (tertiary/aromatic N) is 1. The van der Waals surface area contributed by atoms with Crippen molar-refractivity contribution in [1.29, 1.82) is 0 Å². The van der Waals surface area contributed by atoms with E-state index in [2.05, 4.69) is 5.32 Å². The van der Waals surface area contributed by atoms with E-state index in [1.54, 1.807) is 0 Å². The highest BCUT2D eigenvalue weighted by atomic mass is 32.2. The summed E-state index contributed by atoms with van der Waals surface area (Å²) in [6.45, 7) is 1.18. The molecule has 102 valence electrons. The first-order chi connectivity index (χ1) is 8.46. The molecule has 1 atom stereocenters. The number of nitrogens with one attached hydrogen (secondary N) is 1. The van der Waals surface area contributed by atoms with Crippen LogP contribution in [0.1, 0.15) is 12.8 Å². The van der Waals surface area contributed by atoms with E-state index < -0.39 is 15.9 Å². The second kappa shape index (κ2) is 5.13. The van der Waals surface area contributed by atoms with Crippen molar-refractivity contribution in [2.24, 2.45) is 0 Å². The number of hydrogen-bond donors (Lipinski definition) is 1. The largest absolute Gasteiger partial charge is 0.448 e. The number of carbonyl (C=O) groups excluding carboxylic acids is 2. The van der Waals surface area contributed by atoms with E-state index in [0.29, 0.717) is 26.1 Å². The lowest BCUT2D eigenvalue weighted by molar-refractivity contribution is -0.121. The van der Waals surface area contributed by atoms with E-state index in [0.717, 1.165) is 0 Å². The van der Waals surface area contributed by atoms with Crippen molar-refractivity contribution in [3.05, 3.63) is 0 Å². The lowest BCUT2D eigenvalue weighted by atomic mass is 10.2. The fourth-order valence-electron chi connectivity index (χ4n) is 2.07. The Labute approximate surface area is 105 Å². The highest BCUT2D eigenvalue weighted by Gasteiger charge is 2.29. The molecule has 0 radical (unpaired) electrons. The first-order valence-corrected chi connectivity index (χ1v) is 7.70. The van der Waals surface area contributed by atoms with Crippen LogP contribution in [0.2, 0.25) is 0 Å². The second-order valence-electron chi connectivity index (χ2n) is 4.52. The van der Waals surface area contributed by atoms with Gasteiger partial charge >= 0.3 is 6.09 Å². The van der Waals surface area contributed by atoms with E-state index in [1.807, 2.05) is 0 Å². The second-order valence-corrected chi connectivity index (χ2v) is 6.75. The van der Waals surface area contributed by atoms with Crippen LogP contribution in [0, 0.1) is 0 Å². The molecular formula is C10H16N2O5S. The number of cyclic esters (lactones) is 1. The predicted molar refractivity (Wildman–Crippen MR) is 62.7 cm³/mol. The molecule has 0 aromatic rings. The molecule has 0 saturated carbocycles. The number of hydrogen-bond acceptors (Lipinski definition) is 5. The van der Waals surface area contributed by atoms with Gasteiger partial charge in [0.05, 0.1) is 18.1 Å². The summed E-state index contributed by atoms with van der Waals surface area (Å²) in [4.78, 5) is 24.2. The highest BCUT2D eigenvalue weighted by Crippen LogP contribution is 2.11. The average molecular weight is 276 g/mol. The molecule has 18 heavy (non-hydrogen) atoms. The molecular weight excluding hydrogens is 260 g/mol. The molecule has 0 aliphatic carbocycles. The molecule has 2 heterocycles. The number of rotatable bonds is 4. The van der Waals surface area contributed by atoms with Crippen LogP contribution in [0.5, 0.6) is 0 Å². The SMILES string of the molecule is O=C(CCN1CCOC1=O)NC1CCS(=O)(=O)C1. The van der Waals surface area contributed by atoms with Gasteiger partial charge in [0.25, 0.3) is 0 Å². The topological polar surface area (TPSA) is 92.8 Å². The third kappa shape index (κ3) is 3.34. The van der Waals surface area contributed by atoms with Crippen molar-refractivity contribution in [3.8, 4) is 0 Å². The maximum Gasteiger partial charge on any atom is 0.409 e. The summed E-state index contributed by atoms with van der Waals surface area (Å²) in [5, 5.41) is 2.68.